The third-order valence-electron chi connectivity index (χ3n) is 2.22. The molecule has 1 atom stereocenters. The molecule has 1 rings (SSSR count). The zero-order valence-corrected chi connectivity index (χ0v) is 10.8. The van der Waals surface area contributed by atoms with Crippen molar-refractivity contribution < 1.29 is 0 Å². The first-order valence-corrected chi connectivity index (χ1v) is 5.71. The smallest absolute Gasteiger partial charge is 0.267 e. The molecule has 0 saturated carbocycles. The first-order valence-electron chi connectivity index (χ1n) is 4.92. The molecule has 1 unspecified atom stereocenters. The molecule has 0 aliphatic carbocycles. The molecule has 1 aromatic heterocycles. The van der Waals surface area contributed by atoms with Gasteiger partial charge in [0.25, 0.3) is 5.56 Å². The summed E-state index contributed by atoms with van der Waals surface area (Å²) in [4.78, 5) is 15.9. The lowest BCUT2D eigenvalue weighted by molar-refractivity contribution is 0.449. The second-order valence-electron chi connectivity index (χ2n) is 3.76. The van der Waals surface area contributed by atoms with Crippen molar-refractivity contribution in [2.24, 2.45) is 5.92 Å². The standard InChI is InChI=1S/C10H16BrN3O/c1-7(4-12-3)5-14-6-13-8(2)9(11)10(14)15/h6-7,12H,4-5H2,1-3H3. The van der Waals surface area contributed by atoms with Crippen LogP contribution in [0.4, 0.5) is 0 Å². The molecule has 0 fully saturated rings. The Morgan fingerprint density at radius 1 is 1.67 bits per heavy atom. The first kappa shape index (κ1) is 12.4. The van der Waals surface area contributed by atoms with Crippen LogP contribution >= 0.6 is 15.9 Å². The van der Waals surface area contributed by atoms with E-state index in [4.69, 9.17) is 0 Å². The van der Waals surface area contributed by atoms with Crippen LogP contribution in [0.5, 0.6) is 0 Å². The zero-order chi connectivity index (χ0) is 11.4. The minimum atomic E-state index is -0.00884. The van der Waals surface area contributed by atoms with Crippen molar-refractivity contribution in [1.29, 1.82) is 0 Å². The van der Waals surface area contributed by atoms with Crippen molar-refractivity contribution in [2.75, 3.05) is 13.6 Å². The molecule has 0 aromatic carbocycles. The average Bonchev–Trinajstić information content (AvgIpc) is 2.20. The molecule has 1 aromatic rings. The van der Waals surface area contributed by atoms with Crippen molar-refractivity contribution >= 4 is 15.9 Å². The van der Waals surface area contributed by atoms with E-state index in [1.54, 1.807) is 10.9 Å². The monoisotopic (exact) mass is 273 g/mol. The quantitative estimate of drug-likeness (QED) is 0.896. The van der Waals surface area contributed by atoms with E-state index in [1.165, 1.54) is 0 Å². The van der Waals surface area contributed by atoms with E-state index < -0.39 is 0 Å². The maximum atomic E-state index is 11.8. The summed E-state index contributed by atoms with van der Waals surface area (Å²) in [6, 6.07) is 0. The fourth-order valence-corrected chi connectivity index (χ4v) is 1.76. The summed E-state index contributed by atoms with van der Waals surface area (Å²) in [5, 5.41) is 3.09. The Bertz CT molecular complexity index is 389. The van der Waals surface area contributed by atoms with Gasteiger partial charge in [-0.2, -0.15) is 0 Å². The Labute approximate surface area is 97.8 Å². The zero-order valence-electron chi connectivity index (χ0n) is 9.25. The first-order chi connectivity index (χ1) is 7.06. The lowest BCUT2D eigenvalue weighted by Crippen LogP contribution is -2.28. The van der Waals surface area contributed by atoms with Gasteiger partial charge in [-0.25, -0.2) is 4.98 Å². The van der Waals surface area contributed by atoms with Crippen LogP contribution in [0.3, 0.4) is 0 Å². The van der Waals surface area contributed by atoms with E-state index in [0.29, 0.717) is 16.9 Å². The number of hydrogen-bond acceptors (Lipinski definition) is 3. The van der Waals surface area contributed by atoms with Gasteiger partial charge in [-0.15, -0.1) is 0 Å². The summed E-state index contributed by atoms with van der Waals surface area (Å²) in [6.45, 7) is 5.48. The van der Waals surface area contributed by atoms with Crippen molar-refractivity contribution in [3.63, 3.8) is 0 Å². The number of hydrogen-bond donors (Lipinski definition) is 1. The molecule has 0 bridgehead atoms. The molecule has 84 valence electrons. The third-order valence-corrected chi connectivity index (χ3v) is 3.13. The molecule has 0 aliphatic rings. The fourth-order valence-electron chi connectivity index (χ4n) is 1.43. The van der Waals surface area contributed by atoms with E-state index in [9.17, 15) is 4.79 Å². The maximum absolute atomic E-state index is 11.8. The molecule has 1 heterocycles. The Morgan fingerprint density at radius 2 is 2.33 bits per heavy atom. The predicted molar refractivity (Wildman–Crippen MR) is 64.0 cm³/mol. The van der Waals surface area contributed by atoms with Gasteiger partial charge in [0.2, 0.25) is 0 Å². The largest absolute Gasteiger partial charge is 0.319 e. The second-order valence-corrected chi connectivity index (χ2v) is 4.56. The third kappa shape index (κ3) is 3.14. The summed E-state index contributed by atoms with van der Waals surface area (Å²) in [6.07, 6.45) is 1.61. The van der Waals surface area contributed by atoms with Gasteiger partial charge in [0.05, 0.1) is 12.0 Å². The lowest BCUT2D eigenvalue weighted by atomic mass is 10.2. The molecule has 0 spiro atoms. The molecule has 0 amide bonds. The van der Waals surface area contributed by atoms with Gasteiger partial charge in [0.15, 0.2) is 0 Å². The van der Waals surface area contributed by atoms with E-state index in [-0.39, 0.29) is 5.56 Å². The summed E-state index contributed by atoms with van der Waals surface area (Å²) in [5.41, 5.74) is 0.725. The Kier molecular flexibility index (Phi) is 4.47. The van der Waals surface area contributed by atoms with Gasteiger partial charge >= 0.3 is 0 Å². The number of aromatic nitrogens is 2. The number of aryl methyl sites for hydroxylation is 1. The number of halogens is 1. The molecule has 0 aliphatic heterocycles. The predicted octanol–water partition coefficient (Wildman–Crippen LogP) is 1.17. The van der Waals surface area contributed by atoms with Crippen LogP contribution in [0.25, 0.3) is 0 Å². The van der Waals surface area contributed by atoms with Gasteiger partial charge in [-0.1, -0.05) is 6.92 Å². The highest BCUT2D eigenvalue weighted by Crippen LogP contribution is 2.07. The summed E-state index contributed by atoms with van der Waals surface area (Å²) in [5.74, 6) is 0.407. The van der Waals surface area contributed by atoms with E-state index in [2.05, 4.69) is 33.2 Å². The van der Waals surface area contributed by atoms with Crippen LogP contribution in [-0.4, -0.2) is 23.1 Å². The van der Waals surface area contributed by atoms with Crippen molar-refractivity contribution in [1.82, 2.24) is 14.9 Å². The highest BCUT2D eigenvalue weighted by Gasteiger charge is 2.08. The van der Waals surface area contributed by atoms with E-state index >= 15 is 0 Å². The highest BCUT2D eigenvalue weighted by atomic mass is 79.9. The minimum absolute atomic E-state index is 0.00884. The van der Waals surface area contributed by atoms with Crippen LogP contribution in [0, 0.1) is 12.8 Å². The molecule has 0 radical (unpaired) electrons. The van der Waals surface area contributed by atoms with Crippen LogP contribution in [-0.2, 0) is 6.54 Å². The normalized spacial score (nSPS) is 12.8. The van der Waals surface area contributed by atoms with Crippen LogP contribution < -0.4 is 10.9 Å². The minimum Gasteiger partial charge on any atom is -0.319 e. The van der Waals surface area contributed by atoms with Crippen LogP contribution in [0.15, 0.2) is 15.6 Å². The van der Waals surface area contributed by atoms with Crippen LogP contribution in [0.1, 0.15) is 12.6 Å². The van der Waals surface area contributed by atoms with Crippen LogP contribution in [0.2, 0.25) is 0 Å². The number of nitrogens with zero attached hydrogens (tertiary/aromatic N) is 2. The Hall–Kier alpha value is -0.680. The van der Waals surface area contributed by atoms with Gasteiger partial charge < -0.3 is 5.32 Å². The van der Waals surface area contributed by atoms with Gasteiger partial charge in [-0.3, -0.25) is 9.36 Å². The molecule has 5 heteroatoms. The summed E-state index contributed by atoms with van der Waals surface area (Å²) in [7, 11) is 1.91. The number of nitrogens with one attached hydrogen (secondary N) is 1. The molecule has 15 heavy (non-hydrogen) atoms. The topological polar surface area (TPSA) is 46.9 Å². The van der Waals surface area contributed by atoms with Gasteiger partial charge in [0, 0.05) is 6.54 Å². The van der Waals surface area contributed by atoms with Crippen molar-refractivity contribution in [3.8, 4) is 0 Å². The maximum Gasteiger partial charge on any atom is 0.267 e. The average molecular weight is 274 g/mol. The van der Waals surface area contributed by atoms with E-state index in [1.807, 2.05) is 14.0 Å². The van der Waals surface area contributed by atoms with Crippen molar-refractivity contribution in [2.45, 2.75) is 20.4 Å². The molecular weight excluding hydrogens is 258 g/mol. The van der Waals surface area contributed by atoms with Gasteiger partial charge in [0.1, 0.15) is 4.47 Å². The second kappa shape index (κ2) is 5.42. The molecule has 4 nitrogen and oxygen atoms in total. The SMILES string of the molecule is CNCC(C)Cn1cnc(C)c(Br)c1=O. The fraction of sp³-hybridized carbons (Fsp3) is 0.600. The summed E-state index contributed by atoms with van der Waals surface area (Å²) >= 11 is 3.25. The van der Waals surface area contributed by atoms with Gasteiger partial charge in [-0.05, 0) is 42.4 Å². The molecule has 0 saturated heterocycles. The van der Waals surface area contributed by atoms with Crippen molar-refractivity contribution in [3.05, 3.63) is 26.8 Å². The molecular formula is C10H16BrN3O. The Balaban J connectivity index is 2.87. The molecule has 1 N–H and O–H groups in total. The highest BCUT2D eigenvalue weighted by molar-refractivity contribution is 9.10. The lowest BCUT2D eigenvalue weighted by Gasteiger charge is -2.12. The van der Waals surface area contributed by atoms with E-state index in [0.717, 1.165) is 12.2 Å². The Morgan fingerprint density at radius 3 is 2.93 bits per heavy atom. The number of rotatable bonds is 4. The summed E-state index contributed by atoms with van der Waals surface area (Å²) < 4.78 is 2.20.